The Morgan fingerprint density at radius 2 is 1.62 bits per heavy atom. The number of rotatable bonds is 4. The highest BCUT2D eigenvalue weighted by Crippen LogP contribution is 2.32. The van der Waals surface area contributed by atoms with E-state index < -0.39 is 11.9 Å². The van der Waals surface area contributed by atoms with Gasteiger partial charge in [0.25, 0.3) is 0 Å². The standard InChI is InChI=1S/C11H12O4.C6H4/c1-2-3-7-4-5-8(10(12)13)6-9(7)11(14)15;1-2-5-4-6(5)3-1/h4-6H,2-3H2,1H3,(H,12,13)(H,14,15);1-4H. The van der Waals surface area contributed by atoms with Crippen molar-refractivity contribution in [3.63, 3.8) is 0 Å². The van der Waals surface area contributed by atoms with Gasteiger partial charge in [-0.1, -0.05) is 37.6 Å². The molecule has 0 spiro atoms. The van der Waals surface area contributed by atoms with Gasteiger partial charge in [0.15, 0.2) is 0 Å². The lowest BCUT2D eigenvalue weighted by molar-refractivity contribution is 0.0695. The van der Waals surface area contributed by atoms with Crippen LogP contribution in [0.1, 0.15) is 39.6 Å². The topological polar surface area (TPSA) is 74.6 Å². The Balaban J connectivity index is 0.000000218. The number of carboxylic acid groups (broad SMARTS) is 2. The quantitative estimate of drug-likeness (QED) is 0.766. The van der Waals surface area contributed by atoms with Gasteiger partial charge in [-0.3, -0.25) is 0 Å². The third kappa shape index (κ3) is 3.69. The maximum absolute atomic E-state index is 10.9. The summed E-state index contributed by atoms with van der Waals surface area (Å²) >= 11 is 0. The summed E-state index contributed by atoms with van der Waals surface area (Å²) in [7, 11) is 0. The van der Waals surface area contributed by atoms with E-state index in [0.29, 0.717) is 12.0 Å². The van der Waals surface area contributed by atoms with E-state index in [0.717, 1.165) is 6.42 Å². The Bertz CT molecular complexity index is 672. The molecule has 0 aliphatic heterocycles. The van der Waals surface area contributed by atoms with Gasteiger partial charge in [-0.05, 0) is 41.3 Å². The van der Waals surface area contributed by atoms with Crippen molar-refractivity contribution in [2.45, 2.75) is 19.8 Å². The van der Waals surface area contributed by atoms with E-state index in [1.54, 1.807) is 6.07 Å². The van der Waals surface area contributed by atoms with Crippen molar-refractivity contribution in [3.05, 3.63) is 59.2 Å². The minimum absolute atomic E-state index is 0.00672. The second-order valence-electron chi connectivity index (χ2n) is 4.81. The van der Waals surface area contributed by atoms with Crippen LogP contribution in [0.4, 0.5) is 0 Å². The molecule has 0 saturated carbocycles. The molecule has 0 amide bonds. The molecule has 2 N–H and O–H groups in total. The third-order valence-corrected chi connectivity index (χ3v) is 3.22. The molecule has 0 saturated heterocycles. The van der Waals surface area contributed by atoms with Gasteiger partial charge < -0.3 is 10.2 Å². The zero-order valence-electron chi connectivity index (χ0n) is 11.7. The lowest BCUT2D eigenvalue weighted by atomic mass is 10.0. The molecule has 108 valence electrons. The van der Waals surface area contributed by atoms with Crippen molar-refractivity contribution < 1.29 is 19.8 Å². The SMILES string of the molecule is CCCc1ccc(C(=O)O)cc1C(=O)O.c1cc2cc-2c1. The zero-order valence-corrected chi connectivity index (χ0v) is 11.7. The molecule has 1 aromatic carbocycles. The van der Waals surface area contributed by atoms with Crippen LogP contribution < -0.4 is 0 Å². The van der Waals surface area contributed by atoms with Gasteiger partial charge in [0.1, 0.15) is 0 Å². The van der Waals surface area contributed by atoms with Crippen LogP contribution in [-0.4, -0.2) is 22.2 Å². The van der Waals surface area contributed by atoms with E-state index in [2.05, 4.69) is 24.3 Å². The van der Waals surface area contributed by atoms with E-state index >= 15 is 0 Å². The molecule has 0 heterocycles. The molecular weight excluding hydrogens is 268 g/mol. The van der Waals surface area contributed by atoms with Crippen molar-refractivity contribution in [1.29, 1.82) is 0 Å². The van der Waals surface area contributed by atoms with Crippen molar-refractivity contribution in [1.82, 2.24) is 0 Å². The fourth-order valence-electron chi connectivity index (χ4n) is 2.07. The van der Waals surface area contributed by atoms with Crippen molar-refractivity contribution in [3.8, 4) is 11.1 Å². The first-order valence-electron chi connectivity index (χ1n) is 6.73. The van der Waals surface area contributed by atoms with Crippen molar-refractivity contribution in [2.75, 3.05) is 0 Å². The molecule has 0 radical (unpaired) electrons. The van der Waals surface area contributed by atoms with Crippen LogP contribution in [0.15, 0.2) is 42.5 Å². The molecular formula is C17H16O4. The number of carbonyl (C=O) groups is 2. The molecule has 0 unspecified atom stereocenters. The summed E-state index contributed by atoms with van der Waals surface area (Å²) in [5, 5.41) is 17.6. The normalized spacial score (nSPS) is 10.3. The number of fused-ring (bicyclic) bond motifs is 1. The number of hydrogen-bond acceptors (Lipinski definition) is 2. The largest absolute Gasteiger partial charge is 0.478 e. The monoisotopic (exact) mass is 284 g/mol. The molecule has 21 heavy (non-hydrogen) atoms. The molecule has 1 aromatic rings. The fraction of sp³-hybridized carbons (Fsp3) is 0.176. The highest BCUT2D eigenvalue weighted by Gasteiger charge is 2.12. The summed E-state index contributed by atoms with van der Waals surface area (Å²) in [6, 6.07) is 12.7. The van der Waals surface area contributed by atoms with Crippen LogP contribution in [0.25, 0.3) is 11.1 Å². The first-order valence-corrected chi connectivity index (χ1v) is 6.73. The van der Waals surface area contributed by atoms with E-state index in [4.69, 9.17) is 10.2 Å². The van der Waals surface area contributed by atoms with Crippen LogP contribution in [0, 0.1) is 0 Å². The van der Waals surface area contributed by atoms with E-state index in [1.807, 2.05) is 6.92 Å². The van der Waals surface area contributed by atoms with Crippen LogP contribution in [-0.2, 0) is 6.42 Å². The summed E-state index contributed by atoms with van der Waals surface area (Å²) in [4.78, 5) is 21.5. The Kier molecular flexibility index (Phi) is 4.38. The molecule has 4 heteroatoms. The lowest BCUT2D eigenvalue weighted by Gasteiger charge is -2.05. The number of hydrogen-bond donors (Lipinski definition) is 2. The van der Waals surface area contributed by atoms with Crippen molar-refractivity contribution in [2.24, 2.45) is 0 Å². The van der Waals surface area contributed by atoms with Gasteiger partial charge in [0.05, 0.1) is 11.1 Å². The number of aryl methyl sites for hydroxylation is 1. The smallest absolute Gasteiger partial charge is 0.335 e. The minimum Gasteiger partial charge on any atom is -0.478 e. The van der Waals surface area contributed by atoms with Crippen molar-refractivity contribution >= 4 is 11.9 Å². The second-order valence-corrected chi connectivity index (χ2v) is 4.81. The average Bonchev–Trinajstić information content (AvgIpc) is 3.06. The van der Waals surface area contributed by atoms with Gasteiger partial charge >= 0.3 is 11.9 Å². The molecule has 0 atom stereocenters. The number of benzene rings is 2. The Labute approximate surface area is 122 Å². The maximum atomic E-state index is 10.9. The molecule has 4 nitrogen and oxygen atoms in total. The Morgan fingerprint density at radius 1 is 0.952 bits per heavy atom. The fourth-order valence-corrected chi connectivity index (χ4v) is 2.07. The van der Waals surface area contributed by atoms with Gasteiger partial charge in [-0.15, -0.1) is 0 Å². The predicted octanol–water partition coefficient (Wildman–Crippen LogP) is 3.70. The van der Waals surface area contributed by atoms with E-state index in [9.17, 15) is 9.59 Å². The summed E-state index contributed by atoms with van der Waals surface area (Å²) in [6.07, 6.45) is 1.47. The third-order valence-electron chi connectivity index (χ3n) is 3.22. The minimum atomic E-state index is -1.11. The Morgan fingerprint density at radius 3 is 2.00 bits per heavy atom. The van der Waals surface area contributed by atoms with Gasteiger partial charge in [-0.2, -0.15) is 0 Å². The average molecular weight is 284 g/mol. The summed E-state index contributed by atoms with van der Waals surface area (Å²) < 4.78 is 0. The zero-order chi connectivity index (χ0) is 15.4. The predicted molar refractivity (Wildman–Crippen MR) is 79.8 cm³/mol. The second kappa shape index (κ2) is 6.22. The summed E-state index contributed by atoms with van der Waals surface area (Å²) in [5.41, 5.74) is 3.61. The van der Waals surface area contributed by atoms with Gasteiger partial charge in [0.2, 0.25) is 0 Å². The summed E-state index contributed by atoms with van der Waals surface area (Å²) in [6.45, 7) is 1.94. The number of carboxylic acids is 2. The lowest BCUT2D eigenvalue weighted by Crippen LogP contribution is -2.06. The molecule has 0 fully saturated rings. The molecule has 2 aliphatic rings. The van der Waals surface area contributed by atoms with Crippen LogP contribution in [0.3, 0.4) is 0 Å². The van der Waals surface area contributed by atoms with Gasteiger partial charge in [0, 0.05) is 0 Å². The summed E-state index contributed by atoms with van der Waals surface area (Å²) in [5.74, 6) is -2.19. The molecule has 0 aromatic heterocycles. The van der Waals surface area contributed by atoms with E-state index in [-0.39, 0.29) is 11.1 Å². The molecule has 3 rings (SSSR count). The van der Waals surface area contributed by atoms with E-state index in [1.165, 1.54) is 23.3 Å². The highest BCUT2D eigenvalue weighted by atomic mass is 16.4. The molecule has 0 bridgehead atoms. The first-order chi connectivity index (χ1) is 10.0. The first kappa shape index (κ1) is 14.8. The van der Waals surface area contributed by atoms with Crippen LogP contribution in [0.5, 0.6) is 0 Å². The highest BCUT2D eigenvalue weighted by molar-refractivity contribution is 5.94. The molecule has 2 aliphatic carbocycles. The Hall–Kier alpha value is -2.62. The van der Waals surface area contributed by atoms with Gasteiger partial charge in [-0.25, -0.2) is 9.59 Å². The number of aromatic carboxylic acids is 2. The van der Waals surface area contributed by atoms with Crippen LogP contribution >= 0.6 is 0 Å². The van der Waals surface area contributed by atoms with Crippen LogP contribution in [0.2, 0.25) is 0 Å². The maximum Gasteiger partial charge on any atom is 0.335 e.